The summed E-state index contributed by atoms with van der Waals surface area (Å²) in [6.07, 6.45) is 1.88. The molecule has 0 spiro atoms. The van der Waals surface area contributed by atoms with Crippen molar-refractivity contribution in [2.75, 3.05) is 7.11 Å². The molecule has 0 aromatic heterocycles. The van der Waals surface area contributed by atoms with Gasteiger partial charge in [0.05, 0.1) is 5.92 Å². The lowest BCUT2D eigenvalue weighted by Gasteiger charge is -2.29. The van der Waals surface area contributed by atoms with Crippen molar-refractivity contribution in [3.05, 3.63) is 34.4 Å². The van der Waals surface area contributed by atoms with Crippen LogP contribution in [0.2, 0.25) is 0 Å². The highest BCUT2D eigenvalue weighted by molar-refractivity contribution is 5.87. The van der Waals surface area contributed by atoms with E-state index in [1.54, 1.807) is 7.11 Å². The minimum absolute atomic E-state index is 0.0893. The SMILES string of the molecule is COC(C(=O)C1CCC(C(=O)O)CC1)c1c(C)cc(C)cc1C. The second kappa shape index (κ2) is 7.26. The number of methoxy groups -OCH3 is 1. The summed E-state index contributed by atoms with van der Waals surface area (Å²) in [5, 5.41) is 9.09. The van der Waals surface area contributed by atoms with Crippen molar-refractivity contribution in [3.63, 3.8) is 0 Å². The van der Waals surface area contributed by atoms with Crippen LogP contribution < -0.4 is 0 Å². The third kappa shape index (κ3) is 3.81. The van der Waals surface area contributed by atoms with Crippen molar-refractivity contribution in [1.29, 1.82) is 0 Å². The topological polar surface area (TPSA) is 63.6 Å². The third-order valence-corrected chi connectivity index (χ3v) is 4.97. The van der Waals surface area contributed by atoms with E-state index in [2.05, 4.69) is 12.1 Å². The lowest BCUT2D eigenvalue weighted by Crippen LogP contribution is -2.30. The zero-order valence-corrected chi connectivity index (χ0v) is 14.4. The Kier molecular flexibility index (Phi) is 5.58. The van der Waals surface area contributed by atoms with Gasteiger partial charge in [-0.2, -0.15) is 0 Å². The van der Waals surface area contributed by atoms with E-state index in [1.807, 2.05) is 20.8 Å². The number of aliphatic carboxylic acids is 1. The van der Waals surface area contributed by atoms with Gasteiger partial charge in [0.15, 0.2) is 5.78 Å². The van der Waals surface area contributed by atoms with Crippen LogP contribution in [0.1, 0.15) is 54.0 Å². The lowest BCUT2D eigenvalue weighted by atomic mass is 9.77. The maximum absolute atomic E-state index is 12.9. The van der Waals surface area contributed by atoms with Crippen molar-refractivity contribution in [3.8, 4) is 0 Å². The number of carboxylic acid groups (broad SMARTS) is 1. The first kappa shape index (κ1) is 17.7. The number of hydrogen-bond donors (Lipinski definition) is 1. The van der Waals surface area contributed by atoms with E-state index in [1.165, 1.54) is 5.56 Å². The van der Waals surface area contributed by atoms with Crippen LogP contribution in [-0.2, 0) is 14.3 Å². The molecule has 0 radical (unpaired) electrons. The normalized spacial score (nSPS) is 22.6. The molecule has 2 rings (SSSR count). The summed E-state index contributed by atoms with van der Waals surface area (Å²) in [5.41, 5.74) is 4.28. The van der Waals surface area contributed by atoms with E-state index >= 15 is 0 Å². The molecule has 0 amide bonds. The summed E-state index contributed by atoms with van der Waals surface area (Å²) in [5.74, 6) is -1.06. The molecular formula is C19H26O4. The number of carboxylic acids is 1. The quantitative estimate of drug-likeness (QED) is 0.898. The molecule has 0 heterocycles. The average Bonchev–Trinajstić information content (AvgIpc) is 2.50. The largest absolute Gasteiger partial charge is 0.481 e. The molecule has 1 aliphatic carbocycles. The molecule has 4 nitrogen and oxygen atoms in total. The smallest absolute Gasteiger partial charge is 0.306 e. The van der Waals surface area contributed by atoms with Crippen molar-refractivity contribution < 1.29 is 19.4 Å². The van der Waals surface area contributed by atoms with E-state index in [9.17, 15) is 9.59 Å². The molecule has 1 aliphatic rings. The van der Waals surface area contributed by atoms with Gasteiger partial charge < -0.3 is 9.84 Å². The fourth-order valence-electron chi connectivity index (χ4n) is 3.82. The van der Waals surface area contributed by atoms with Crippen LogP contribution in [0.25, 0.3) is 0 Å². The number of carbonyl (C=O) groups is 2. The Morgan fingerprint density at radius 1 is 1.04 bits per heavy atom. The van der Waals surface area contributed by atoms with Crippen LogP contribution in [0.5, 0.6) is 0 Å². The maximum Gasteiger partial charge on any atom is 0.306 e. The Labute approximate surface area is 137 Å². The van der Waals surface area contributed by atoms with Gasteiger partial charge in [-0.3, -0.25) is 9.59 Å². The molecule has 1 aromatic carbocycles. The zero-order valence-electron chi connectivity index (χ0n) is 14.4. The first-order valence-corrected chi connectivity index (χ1v) is 8.22. The number of hydrogen-bond acceptors (Lipinski definition) is 3. The highest BCUT2D eigenvalue weighted by Crippen LogP contribution is 2.35. The van der Waals surface area contributed by atoms with E-state index in [4.69, 9.17) is 9.84 Å². The summed E-state index contributed by atoms with van der Waals surface area (Å²) in [4.78, 5) is 24.0. The maximum atomic E-state index is 12.9. The first-order valence-electron chi connectivity index (χ1n) is 8.22. The van der Waals surface area contributed by atoms with Gasteiger partial charge in [-0.05, 0) is 63.1 Å². The van der Waals surface area contributed by atoms with Crippen molar-refractivity contribution in [2.45, 2.75) is 52.6 Å². The predicted octanol–water partition coefficient (Wildman–Crippen LogP) is 3.76. The summed E-state index contributed by atoms with van der Waals surface area (Å²) in [6.45, 7) is 6.06. The summed E-state index contributed by atoms with van der Waals surface area (Å²) in [6, 6.07) is 4.14. The molecular weight excluding hydrogens is 292 g/mol. The van der Waals surface area contributed by atoms with Crippen LogP contribution in [0.15, 0.2) is 12.1 Å². The number of benzene rings is 1. The molecule has 1 N–H and O–H groups in total. The first-order chi connectivity index (χ1) is 10.8. The van der Waals surface area contributed by atoms with E-state index in [0.29, 0.717) is 25.7 Å². The predicted molar refractivity (Wildman–Crippen MR) is 88.5 cm³/mol. The van der Waals surface area contributed by atoms with E-state index in [-0.39, 0.29) is 17.6 Å². The standard InChI is InChI=1S/C19H26O4/c1-11-9-12(2)16(13(3)10-11)18(23-4)17(20)14-5-7-15(8-6-14)19(21)22/h9-10,14-15,18H,5-8H2,1-4H3,(H,21,22). The molecule has 1 atom stereocenters. The van der Waals surface area contributed by atoms with Gasteiger partial charge in [0.1, 0.15) is 6.10 Å². The molecule has 1 unspecified atom stereocenters. The van der Waals surface area contributed by atoms with Crippen molar-refractivity contribution in [1.82, 2.24) is 0 Å². The Morgan fingerprint density at radius 2 is 1.52 bits per heavy atom. The lowest BCUT2D eigenvalue weighted by molar-refractivity contribution is -0.145. The Hall–Kier alpha value is -1.68. The number of ketones is 1. The Balaban J connectivity index is 2.19. The summed E-state index contributed by atoms with van der Waals surface area (Å²) in [7, 11) is 1.57. The molecule has 1 saturated carbocycles. The number of Topliss-reactive ketones (excluding diaryl/α,β-unsaturated/α-hetero) is 1. The molecule has 23 heavy (non-hydrogen) atoms. The molecule has 1 fully saturated rings. The number of aryl methyl sites for hydroxylation is 3. The van der Waals surface area contributed by atoms with Crippen LogP contribution in [0.3, 0.4) is 0 Å². The van der Waals surface area contributed by atoms with Gasteiger partial charge in [-0.1, -0.05) is 17.7 Å². The summed E-state index contributed by atoms with van der Waals surface area (Å²) < 4.78 is 5.56. The molecule has 0 aliphatic heterocycles. The van der Waals surface area contributed by atoms with Crippen LogP contribution in [-0.4, -0.2) is 24.0 Å². The fourth-order valence-corrected chi connectivity index (χ4v) is 3.82. The monoisotopic (exact) mass is 318 g/mol. The number of rotatable bonds is 5. The van der Waals surface area contributed by atoms with Gasteiger partial charge >= 0.3 is 5.97 Å². The van der Waals surface area contributed by atoms with Crippen molar-refractivity contribution >= 4 is 11.8 Å². The van der Waals surface area contributed by atoms with Crippen LogP contribution in [0, 0.1) is 32.6 Å². The van der Waals surface area contributed by atoms with Crippen LogP contribution in [0.4, 0.5) is 0 Å². The van der Waals surface area contributed by atoms with Crippen molar-refractivity contribution in [2.24, 2.45) is 11.8 Å². The molecule has 4 heteroatoms. The van der Waals surface area contributed by atoms with Crippen LogP contribution >= 0.6 is 0 Å². The van der Waals surface area contributed by atoms with Gasteiger partial charge in [0, 0.05) is 13.0 Å². The minimum Gasteiger partial charge on any atom is -0.481 e. The second-order valence-corrected chi connectivity index (χ2v) is 6.72. The minimum atomic E-state index is -0.746. The van der Waals surface area contributed by atoms with Gasteiger partial charge in [0.2, 0.25) is 0 Å². The molecule has 0 saturated heterocycles. The number of carbonyl (C=O) groups excluding carboxylic acids is 1. The molecule has 1 aromatic rings. The average molecular weight is 318 g/mol. The molecule has 126 valence electrons. The summed E-state index contributed by atoms with van der Waals surface area (Å²) >= 11 is 0. The zero-order chi connectivity index (χ0) is 17.1. The van der Waals surface area contributed by atoms with E-state index in [0.717, 1.165) is 16.7 Å². The van der Waals surface area contributed by atoms with E-state index < -0.39 is 12.1 Å². The fraction of sp³-hybridized carbons (Fsp3) is 0.579. The number of ether oxygens (including phenoxy) is 1. The Morgan fingerprint density at radius 3 is 1.96 bits per heavy atom. The van der Waals surface area contributed by atoms with Gasteiger partial charge in [-0.25, -0.2) is 0 Å². The third-order valence-electron chi connectivity index (χ3n) is 4.97. The highest BCUT2D eigenvalue weighted by Gasteiger charge is 2.34. The Bertz CT molecular complexity index is 574. The molecule has 0 bridgehead atoms. The van der Waals surface area contributed by atoms with Gasteiger partial charge in [0.25, 0.3) is 0 Å². The second-order valence-electron chi connectivity index (χ2n) is 6.72. The van der Waals surface area contributed by atoms with Gasteiger partial charge in [-0.15, -0.1) is 0 Å². The highest BCUT2D eigenvalue weighted by atomic mass is 16.5.